The number of hydrogen-bond acceptors (Lipinski definition) is 5. The third-order valence-corrected chi connectivity index (χ3v) is 6.87. The first-order valence-electron chi connectivity index (χ1n) is 9.81. The monoisotopic (exact) mass is 679 g/mol. The van der Waals surface area contributed by atoms with E-state index in [1.807, 2.05) is 0 Å². The third kappa shape index (κ3) is 5.47. The van der Waals surface area contributed by atoms with Crippen molar-refractivity contribution in [2.45, 2.75) is 44.8 Å². The van der Waals surface area contributed by atoms with Crippen LogP contribution in [0.3, 0.4) is 0 Å². The van der Waals surface area contributed by atoms with Crippen molar-refractivity contribution in [3.05, 3.63) is 59.7 Å². The summed E-state index contributed by atoms with van der Waals surface area (Å²) >= 11 is -2.77. The zero-order valence-electron chi connectivity index (χ0n) is 19.1. The van der Waals surface area contributed by atoms with Gasteiger partial charge in [-0.25, -0.2) is 26.0 Å². The van der Waals surface area contributed by atoms with Gasteiger partial charge in [0.15, 0.2) is 23.3 Å². The summed E-state index contributed by atoms with van der Waals surface area (Å²) in [6.45, 7) is 3.19. The van der Waals surface area contributed by atoms with Gasteiger partial charge in [0.2, 0.25) is 0 Å². The Balaban J connectivity index is 2.59. The van der Waals surface area contributed by atoms with Crippen molar-refractivity contribution in [1.29, 1.82) is 0 Å². The number of thioether (sulfide) groups is 1. The number of rotatable bonds is 11. The molecule has 0 saturated heterocycles. The maximum atomic E-state index is 14.1. The number of halogens is 16. The summed E-state index contributed by atoms with van der Waals surface area (Å²) in [4.78, 5) is -6.22. The van der Waals surface area contributed by atoms with Gasteiger partial charge in [-0.15, -0.1) is 0 Å². The predicted octanol–water partition coefficient (Wildman–Crippen LogP) is 7.69. The molecule has 0 spiro atoms. The van der Waals surface area contributed by atoms with Crippen LogP contribution in [0.15, 0.2) is 40.6 Å². The molecule has 0 saturated carbocycles. The second-order valence-electron chi connectivity index (χ2n) is 7.68. The average molecular weight is 679 g/mol. The predicted molar refractivity (Wildman–Crippen MR) is 107 cm³/mol. The van der Waals surface area contributed by atoms with Crippen LogP contribution in [0.25, 0.3) is 6.08 Å². The van der Waals surface area contributed by atoms with Crippen LogP contribution in [0, 0.1) is 23.3 Å². The van der Waals surface area contributed by atoms with Crippen LogP contribution < -0.4 is 4.74 Å². The molecule has 0 heterocycles. The molecule has 2 rings (SSSR count). The van der Waals surface area contributed by atoms with E-state index in [0.717, 1.165) is 18.2 Å². The van der Waals surface area contributed by atoms with E-state index in [2.05, 4.69) is 11.3 Å². The van der Waals surface area contributed by atoms with Crippen LogP contribution in [0.2, 0.25) is 0 Å². The van der Waals surface area contributed by atoms with Crippen LogP contribution in [0.4, 0.5) is 70.2 Å². The molecular weight excluding hydrogens is 672 g/mol. The minimum Gasteiger partial charge on any atom is -0.744 e. The number of ether oxygens (including phenoxy) is 1. The van der Waals surface area contributed by atoms with Crippen molar-refractivity contribution in [1.82, 2.24) is 0 Å². The van der Waals surface area contributed by atoms with E-state index < -0.39 is 95.7 Å². The van der Waals surface area contributed by atoms with Crippen molar-refractivity contribution in [2.75, 3.05) is 0 Å². The van der Waals surface area contributed by atoms with Crippen LogP contribution in [0.1, 0.15) is 5.56 Å². The van der Waals surface area contributed by atoms with Crippen LogP contribution >= 0.6 is 11.8 Å². The molecule has 0 bridgehead atoms. The fourth-order valence-electron chi connectivity index (χ4n) is 2.74. The molecule has 0 aliphatic carbocycles. The first kappa shape index (κ1) is 35.3. The molecule has 2 aromatic rings. The zero-order chi connectivity index (χ0) is 33.1. The summed E-state index contributed by atoms with van der Waals surface area (Å²) in [5.74, 6) is -47.4. The molecule has 0 aliphatic rings. The lowest BCUT2D eigenvalue weighted by atomic mass is 9.97. The molecule has 0 aromatic heterocycles. The second-order valence-corrected chi connectivity index (χ2v) is 10.1. The van der Waals surface area contributed by atoms with Gasteiger partial charge >= 0.3 is 35.1 Å². The maximum Gasteiger partial charge on any atom is 0.471 e. The summed E-state index contributed by atoms with van der Waals surface area (Å²) in [5, 5.41) is -7.23. The fourth-order valence-corrected chi connectivity index (χ4v) is 4.23. The lowest BCUT2D eigenvalue weighted by Gasteiger charge is -2.40. The van der Waals surface area contributed by atoms with Crippen LogP contribution in [0.5, 0.6) is 5.75 Å². The van der Waals surface area contributed by atoms with Gasteiger partial charge in [-0.3, -0.25) is 0 Å². The van der Waals surface area contributed by atoms with E-state index in [1.54, 1.807) is 0 Å². The smallest absolute Gasteiger partial charge is 0.471 e. The van der Waals surface area contributed by atoms with E-state index in [9.17, 15) is 83.2 Å². The fraction of sp³-hybridized carbons (Fsp3) is 0.300. The van der Waals surface area contributed by atoms with Gasteiger partial charge < -0.3 is 9.29 Å². The molecule has 0 N–H and O–H groups in total. The summed E-state index contributed by atoms with van der Waals surface area (Å²) in [6, 6.07) is 2.28. The van der Waals surface area contributed by atoms with E-state index in [-0.39, 0.29) is 5.56 Å². The van der Waals surface area contributed by atoms with Crippen LogP contribution in [-0.2, 0) is 10.1 Å². The molecule has 42 heavy (non-hydrogen) atoms. The molecule has 0 fully saturated rings. The summed E-state index contributed by atoms with van der Waals surface area (Å²) in [5.41, 5.74) is 0.0746. The minimum atomic E-state index is -8.29. The Bertz CT molecular complexity index is 1440. The first-order chi connectivity index (χ1) is 18.6. The minimum absolute atomic E-state index is 0.0746. The van der Waals surface area contributed by atoms with Crippen LogP contribution in [-0.4, -0.2) is 48.0 Å². The molecule has 0 unspecified atom stereocenters. The average Bonchev–Trinajstić information content (AvgIpc) is 2.84. The summed E-state index contributed by atoms with van der Waals surface area (Å²) < 4.78 is 259. The standard InChI is InChI=1S/C20H8F16O4S2/c1-2-7-3-5-8(6-4-7)40-19(33,34)17(29,30)15(25,26)16(27,28)18(31,32)20(35,36)41-13-9(21)11(23)14(42(37,38)39)12(24)10(13)22/h2-6H,1H2,(H,37,38,39)/p-1. The SMILES string of the molecule is C=Cc1ccc(OC(F)(F)C(F)(F)C(F)(F)C(F)(F)C(F)(F)C(F)(F)Sc2c(F)c(F)c(S(=O)(=O)[O-])c(F)c2F)cc1. The third-order valence-electron chi connectivity index (χ3n) is 4.94. The van der Waals surface area contributed by atoms with E-state index in [1.165, 1.54) is 0 Å². The Hall–Kier alpha value is -2.88. The van der Waals surface area contributed by atoms with Gasteiger partial charge in [0, 0.05) is 0 Å². The molecule has 0 atom stereocenters. The van der Waals surface area contributed by atoms with E-state index in [0.29, 0.717) is 12.1 Å². The van der Waals surface area contributed by atoms with Crippen molar-refractivity contribution in [2.24, 2.45) is 0 Å². The zero-order valence-corrected chi connectivity index (χ0v) is 20.7. The normalized spacial score (nSPS) is 14.2. The summed E-state index contributed by atoms with van der Waals surface area (Å²) in [6.07, 6.45) is -5.83. The quantitative estimate of drug-likeness (QED) is 0.106. The number of hydrogen-bond donors (Lipinski definition) is 0. The van der Waals surface area contributed by atoms with E-state index >= 15 is 0 Å². The molecule has 0 radical (unpaired) electrons. The molecular formula is C20H7F16O4S2-. The van der Waals surface area contributed by atoms with Crippen molar-refractivity contribution < 1.29 is 88.0 Å². The van der Waals surface area contributed by atoms with Gasteiger partial charge in [-0.2, -0.15) is 52.7 Å². The maximum absolute atomic E-state index is 14.1. The molecule has 0 aliphatic heterocycles. The van der Waals surface area contributed by atoms with Gasteiger partial charge in [-0.05, 0) is 29.5 Å². The Morgan fingerprint density at radius 1 is 0.690 bits per heavy atom. The van der Waals surface area contributed by atoms with Gasteiger partial charge in [0.05, 0.1) is 4.90 Å². The van der Waals surface area contributed by atoms with E-state index in [4.69, 9.17) is 0 Å². The van der Waals surface area contributed by atoms with Crippen molar-refractivity contribution in [3.63, 3.8) is 0 Å². The second kappa shape index (κ2) is 10.7. The van der Waals surface area contributed by atoms with Gasteiger partial charge in [-0.1, -0.05) is 24.8 Å². The largest absolute Gasteiger partial charge is 0.744 e. The Kier molecular flexibility index (Phi) is 8.98. The molecule has 236 valence electrons. The number of benzene rings is 2. The topological polar surface area (TPSA) is 66.4 Å². The molecule has 2 aromatic carbocycles. The Morgan fingerprint density at radius 2 is 1.10 bits per heavy atom. The Morgan fingerprint density at radius 3 is 1.48 bits per heavy atom. The van der Waals surface area contributed by atoms with Crippen molar-refractivity contribution >= 4 is 28.0 Å². The summed E-state index contributed by atoms with van der Waals surface area (Å²) in [7, 11) is -6.51. The number of alkyl halides is 12. The molecule has 0 amide bonds. The lowest BCUT2D eigenvalue weighted by Crippen LogP contribution is -2.71. The molecule has 22 heteroatoms. The highest BCUT2D eigenvalue weighted by Gasteiger charge is 2.91. The Labute approximate surface area is 226 Å². The van der Waals surface area contributed by atoms with Gasteiger partial charge in [0.1, 0.15) is 20.8 Å². The van der Waals surface area contributed by atoms with Gasteiger partial charge in [0.25, 0.3) is 0 Å². The van der Waals surface area contributed by atoms with Crippen molar-refractivity contribution in [3.8, 4) is 5.75 Å². The highest BCUT2D eigenvalue weighted by Crippen LogP contribution is 2.63. The molecule has 4 nitrogen and oxygen atoms in total. The lowest BCUT2D eigenvalue weighted by molar-refractivity contribution is -0.440. The first-order valence-corrected chi connectivity index (χ1v) is 12.0. The highest BCUT2D eigenvalue weighted by atomic mass is 32.2. The highest BCUT2D eigenvalue weighted by molar-refractivity contribution is 8.00.